The van der Waals surface area contributed by atoms with Gasteiger partial charge in [-0.25, -0.2) is 0 Å². The van der Waals surface area contributed by atoms with Crippen molar-refractivity contribution in [3.8, 4) is 17.2 Å². The van der Waals surface area contributed by atoms with Crippen molar-refractivity contribution in [2.45, 2.75) is 26.0 Å². The van der Waals surface area contributed by atoms with E-state index in [4.69, 9.17) is 25.8 Å². The number of methoxy groups -OCH3 is 2. The van der Waals surface area contributed by atoms with E-state index in [0.717, 1.165) is 5.56 Å². The molecule has 0 fully saturated rings. The van der Waals surface area contributed by atoms with E-state index in [0.29, 0.717) is 35.2 Å². The second kappa shape index (κ2) is 9.18. The van der Waals surface area contributed by atoms with E-state index in [-0.39, 0.29) is 5.91 Å². The molecule has 0 aliphatic heterocycles. The molecule has 1 amide bonds. The van der Waals surface area contributed by atoms with Crippen LogP contribution in [0.15, 0.2) is 42.5 Å². The molecule has 1 atom stereocenters. The van der Waals surface area contributed by atoms with Gasteiger partial charge in [0.05, 0.1) is 14.2 Å². The first-order valence-electron chi connectivity index (χ1n) is 7.98. The van der Waals surface area contributed by atoms with Crippen molar-refractivity contribution in [1.82, 2.24) is 5.32 Å². The van der Waals surface area contributed by atoms with Crippen LogP contribution in [0.4, 0.5) is 0 Å². The quantitative estimate of drug-likeness (QED) is 0.774. The van der Waals surface area contributed by atoms with Crippen LogP contribution in [0, 0.1) is 0 Å². The third-order valence-electron chi connectivity index (χ3n) is 3.67. The Bertz CT molecular complexity index is 703. The van der Waals surface area contributed by atoms with Gasteiger partial charge >= 0.3 is 0 Å². The molecule has 0 aliphatic rings. The number of hydrogen-bond acceptors (Lipinski definition) is 4. The highest BCUT2D eigenvalue weighted by Crippen LogP contribution is 2.27. The molecule has 0 radical (unpaired) electrons. The molecular formula is C19H22ClNO4. The van der Waals surface area contributed by atoms with E-state index in [2.05, 4.69) is 5.32 Å². The van der Waals surface area contributed by atoms with E-state index >= 15 is 0 Å². The Hall–Kier alpha value is -2.40. The molecule has 0 aliphatic carbocycles. The summed E-state index contributed by atoms with van der Waals surface area (Å²) in [6.45, 7) is 2.27. The minimum atomic E-state index is -0.568. The summed E-state index contributed by atoms with van der Waals surface area (Å²) in [5, 5.41) is 3.51. The summed E-state index contributed by atoms with van der Waals surface area (Å²) in [6.07, 6.45) is -0.0123. The number of carbonyl (C=O) groups is 1. The molecule has 0 heterocycles. The predicted molar refractivity (Wildman–Crippen MR) is 97.6 cm³/mol. The van der Waals surface area contributed by atoms with Crippen LogP contribution in [0.3, 0.4) is 0 Å². The highest BCUT2D eigenvalue weighted by atomic mass is 35.5. The molecule has 6 heteroatoms. The van der Waals surface area contributed by atoms with Gasteiger partial charge < -0.3 is 19.5 Å². The Morgan fingerprint density at radius 3 is 2.36 bits per heavy atom. The fraction of sp³-hybridized carbons (Fsp3) is 0.316. The van der Waals surface area contributed by atoms with Gasteiger partial charge in [0, 0.05) is 11.6 Å². The number of carbonyl (C=O) groups excluding carboxylic acids is 1. The van der Waals surface area contributed by atoms with Gasteiger partial charge in [-0.05, 0) is 48.4 Å². The van der Waals surface area contributed by atoms with Gasteiger partial charge in [0.2, 0.25) is 0 Å². The average Bonchev–Trinajstić information content (AvgIpc) is 2.65. The van der Waals surface area contributed by atoms with E-state index in [9.17, 15) is 4.79 Å². The molecule has 134 valence electrons. The lowest BCUT2D eigenvalue weighted by Gasteiger charge is -2.17. The topological polar surface area (TPSA) is 56.8 Å². The third kappa shape index (κ3) is 5.29. The largest absolute Gasteiger partial charge is 0.493 e. The van der Waals surface area contributed by atoms with Crippen LogP contribution >= 0.6 is 11.6 Å². The van der Waals surface area contributed by atoms with E-state index in [1.165, 1.54) is 0 Å². The average molecular weight is 364 g/mol. The summed E-state index contributed by atoms with van der Waals surface area (Å²) in [6, 6.07) is 12.5. The van der Waals surface area contributed by atoms with Crippen LogP contribution in [0.1, 0.15) is 18.9 Å². The Kier molecular flexibility index (Phi) is 6.95. The molecule has 0 saturated carbocycles. The minimum absolute atomic E-state index is 0.174. The number of hydrogen-bond donors (Lipinski definition) is 1. The maximum Gasteiger partial charge on any atom is 0.261 e. The van der Waals surface area contributed by atoms with Crippen LogP contribution in [0.5, 0.6) is 17.2 Å². The number of halogens is 1. The maximum atomic E-state index is 12.4. The minimum Gasteiger partial charge on any atom is -0.493 e. The number of benzene rings is 2. The summed E-state index contributed by atoms with van der Waals surface area (Å²) >= 11 is 5.85. The zero-order chi connectivity index (χ0) is 18.2. The highest BCUT2D eigenvalue weighted by Gasteiger charge is 2.18. The molecule has 2 aromatic rings. The maximum absolute atomic E-state index is 12.4. The Morgan fingerprint density at radius 1 is 1.08 bits per heavy atom. The number of nitrogens with one attached hydrogen (secondary N) is 1. The van der Waals surface area contributed by atoms with Crippen molar-refractivity contribution in [2.24, 2.45) is 0 Å². The van der Waals surface area contributed by atoms with E-state index < -0.39 is 6.10 Å². The third-order valence-corrected chi connectivity index (χ3v) is 3.92. The van der Waals surface area contributed by atoms with Crippen molar-refractivity contribution >= 4 is 17.5 Å². The molecule has 2 aromatic carbocycles. The van der Waals surface area contributed by atoms with Crippen molar-refractivity contribution in [2.75, 3.05) is 14.2 Å². The second-order valence-corrected chi connectivity index (χ2v) is 5.81. The second-order valence-electron chi connectivity index (χ2n) is 5.38. The lowest BCUT2D eigenvalue weighted by Crippen LogP contribution is -2.37. The zero-order valence-corrected chi connectivity index (χ0v) is 15.3. The summed E-state index contributed by atoms with van der Waals surface area (Å²) in [7, 11) is 3.16. The van der Waals surface area contributed by atoms with Gasteiger partial charge in [-0.3, -0.25) is 4.79 Å². The fourth-order valence-electron chi connectivity index (χ4n) is 2.29. The number of rotatable bonds is 8. The van der Waals surface area contributed by atoms with Gasteiger partial charge in [-0.1, -0.05) is 24.6 Å². The van der Waals surface area contributed by atoms with Gasteiger partial charge in [-0.15, -0.1) is 0 Å². The monoisotopic (exact) mass is 363 g/mol. The van der Waals surface area contributed by atoms with Crippen LogP contribution in [-0.4, -0.2) is 26.2 Å². The van der Waals surface area contributed by atoms with Gasteiger partial charge in [0.25, 0.3) is 5.91 Å². The highest BCUT2D eigenvalue weighted by molar-refractivity contribution is 6.30. The van der Waals surface area contributed by atoms with Crippen molar-refractivity contribution in [1.29, 1.82) is 0 Å². The van der Waals surface area contributed by atoms with Gasteiger partial charge in [-0.2, -0.15) is 0 Å². The molecule has 1 unspecified atom stereocenters. The van der Waals surface area contributed by atoms with Crippen LogP contribution in [0.2, 0.25) is 5.02 Å². The van der Waals surface area contributed by atoms with Crippen molar-refractivity contribution in [3.63, 3.8) is 0 Å². The summed E-state index contributed by atoms with van der Waals surface area (Å²) in [5.41, 5.74) is 0.910. The SMILES string of the molecule is CCC(Oc1ccc(Cl)cc1)C(=O)NCc1ccc(OC)c(OC)c1. The normalized spacial score (nSPS) is 11.5. The fourth-order valence-corrected chi connectivity index (χ4v) is 2.42. The van der Waals surface area contributed by atoms with Crippen LogP contribution in [0.25, 0.3) is 0 Å². The molecule has 0 spiro atoms. The smallest absolute Gasteiger partial charge is 0.261 e. The van der Waals surface area contributed by atoms with Gasteiger partial charge in [0.1, 0.15) is 5.75 Å². The van der Waals surface area contributed by atoms with Crippen LogP contribution < -0.4 is 19.5 Å². The molecule has 0 saturated heterocycles. The molecule has 5 nitrogen and oxygen atoms in total. The molecule has 2 rings (SSSR count). The number of ether oxygens (including phenoxy) is 3. The van der Waals surface area contributed by atoms with Crippen LogP contribution in [-0.2, 0) is 11.3 Å². The lowest BCUT2D eigenvalue weighted by atomic mass is 10.2. The Morgan fingerprint density at radius 2 is 1.76 bits per heavy atom. The first-order chi connectivity index (χ1) is 12.1. The summed E-state index contributed by atoms with van der Waals surface area (Å²) in [4.78, 5) is 12.4. The molecule has 0 aromatic heterocycles. The molecule has 25 heavy (non-hydrogen) atoms. The van der Waals surface area contributed by atoms with E-state index in [1.807, 2.05) is 25.1 Å². The first kappa shape index (κ1) is 18.9. The predicted octanol–water partition coefficient (Wildman–Crippen LogP) is 3.83. The molecule has 1 N–H and O–H groups in total. The van der Waals surface area contributed by atoms with Crippen molar-refractivity contribution < 1.29 is 19.0 Å². The molecular weight excluding hydrogens is 342 g/mol. The zero-order valence-electron chi connectivity index (χ0n) is 14.5. The first-order valence-corrected chi connectivity index (χ1v) is 8.36. The van der Waals surface area contributed by atoms with E-state index in [1.54, 1.807) is 38.5 Å². The Balaban J connectivity index is 1.96. The Labute approximate surface area is 152 Å². The summed E-state index contributed by atoms with van der Waals surface area (Å²) < 4.78 is 16.2. The van der Waals surface area contributed by atoms with Gasteiger partial charge in [0.15, 0.2) is 17.6 Å². The lowest BCUT2D eigenvalue weighted by molar-refractivity contribution is -0.128. The number of amides is 1. The molecule has 0 bridgehead atoms. The standard InChI is InChI=1S/C19H22ClNO4/c1-4-16(25-15-8-6-14(20)7-9-15)19(22)21-12-13-5-10-17(23-2)18(11-13)24-3/h5-11,16H,4,12H2,1-3H3,(H,21,22). The summed E-state index contributed by atoms with van der Waals surface area (Å²) in [5.74, 6) is 1.71. The van der Waals surface area contributed by atoms with Crippen molar-refractivity contribution in [3.05, 3.63) is 53.1 Å².